The third kappa shape index (κ3) is 1.84. The number of amides is 2. The molecule has 168 valence electrons. The molecule has 2 aromatic heterocycles. The van der Waals surface area contributed by atoms with Gasteiger partial charge in [-0.15, -0.1) is 0 Å². The molecule has 0 saturated heterocycles. The Hall–Kier alpha value is -3.84. The van der Waals surface area contributed by atoms with Gasteiger partial charge in [0.2, 0.25) is 5.91 Å². The quantitative estimate of drug-likeness (QED) is 0.366. The topological polar surface area (TPSA) is 94.1 Å². The van der Waals surface area contributed by atoms with Gasteiger partial charge < -0.3 is 25.5 Å². The van der Waals surface area contributed by atoms with E-state index in [0.29, 0.717) is 13.0 Å². The maximum atomic E-state index is 13.2. The molecular formula is C27H23N5O2. The Labute approximate surface area is 194 Å². The van der Waals surface area contributed by atoms with Crippen molar-refractivity contribution in [2.24, 2.45) is 5.73 Å². The number of hydrogen-bond acceptors (Lipinski definition) is 3. The number of nitrogens with zero attached hydrogens (tertiary/aromatic N) is 2. The molecule has 1 aliphatic carbocycles. The van der Waals surface area contributed by atoms with Crippen molar-refractivity contribution in [2.75, 3.05) is 7.05 Å². The number of nitrogens with two attached hydrogens (primary N) is 1. The lowest BCUT2D eigenvalue weighted by Gasteiger charge is -2.32. The number of fused-ring (bicyclic) bond motifs is 13. The van der Waals surface area contributed by atoms with E-state index in [1.165, 1.54) is 0 Å². The number of carbonyl (C=O) groups excluding carboxylic acids is 2. The zero-order chi connectivity index (χ0) is 22.9. The molecule has 8 rings (SSSR count). The molecule has 7 nitrogen and oxygen atoms in total. The molecule has 4 heterocycles. The Morgan fingerprint density at radius 1 is 1.03 bits per heavy atom. The van der Waals surface area contributed by atoms with E-state index in [2.05, 4.69) is 44.0 Å². The van der Waals surface area contributed by atoms with Gasteiger partial charge in [-0.25, -0.2) is 0 Å². The molecule has 1 saturated carbocycles. The molecule has 0 radical (unpaired) electrons. The second-order valence-electron chi connectivity index (χ2n) is 9.99. The fourth-order valence-electron chi connectivity index (χ4n) is 7.30. The van der Waals surface area contributed by atoms with Crippen molar-refractivity contribution in [3.8, 4) is 0 Å². The first-order chi connectivity index (χ1) is 16.5. The molecule has 1 fully saturated rings. The van der Waals surface area contributed by atoms with Gasteiger partial charge in [0.15, 0.2) is 0 Å². The molecule has 2 bridgehead atoms. The van der Waals surface area contributed by atoms with Crippen LogP contribution in [-0.4, -0.2) is 33.5 Å². The average Bonchev–Trinajstić information content (AvgIpc) is 3.55. The van der Waals surface area contributed by atoms with Crippen LogP contribution < -0.4 is 16.4 Å². The minimum absolute atomic E-state index is 0.00965. The smallest absolute Gasteiger partial charge is 0.252 e. The molecule has 3 aromatic carbocycles. The van der Waals surface area contributed by atoms with Crippen molar-refractivity contribution < 1.29 is 9.59 Å². The fraction of sp³-hybridized carbons (Fsp3) is 0.259. The second-order valence-corrected chi connectivity index (χ2v) is 9.99. The maximum absolute atomic E-state index is 13.2. The Balaban J connectivity index is 1.71. The highest BCUT2D eigenvalue weighted by Crippen LogP contribution is 2.55. The zero-order valence-corrected chi connectivity index (χ0v) is 18.7. The van der Waals surface area contributed by atoms with Crippen LogP contribution in [0.2, 0.25) is 0 Å². The standard InChI is InChI=1S/C27H23N5O2/c1-29-26(34)27(28)11-13-10-19(27)32-18-9-5-2-6-14(18)20-16-12-30-25(33)22(16)21-15-7-3-4-8-17(15)31(13)24(21)23(20)32/h2-9,13,19H,10-12,28H2,1H3,(H,29,34)(H,30,33)/t13-,19+,27-/m1/s1. The number of likely N-dealkylation sites (N-methyl/N-ethyl adjacent to an activating group) is 1. The summed E-state index contributed by atoms with van der Waals surface area (Å²) >= 11 is 0. The first-order valence-corrected chi connectivity index (χ1v) is 11.8. The minimum atomic E-state index is -1.03. The summed E-state index contributed by atoms with van der Waals surface area (Å²) in [7, 11) is 1.66. The Morgan fingerprint density at radius 2 is 1.68 bits per heavy atom. The van der Waals surface area contributed by atoms with Crippen molar-refractivity contribution in [1.29, 1.82) is 0 Å². The summed E-state index contributed by atoms with van der Waals surface area (Å²) in [5, 5.41) is 10.2. The molecule has 2 aliphatic heterocycles. The van der Waals surface area contributed by atoms with Crippen LogP contribution in [0.5, 0.6) is 0 Å². The van der Waals surface area contributed by atoms with Crippen LogP contribution >= 0.6 is 0 Å². The summed E-state index contributed by atoms with van der Waals surface area (Å²) < 4.78 is 4.71. The van der Waals surface area contributed by atoms with Crippen molar-refractivity contribution in [1.82, 2.24) is 19.8 Å². The van der Waals surface area contributed by atoms with Gasteiger partial charge in [-0.05, 0) is 30.5 Å². The van der Waals surface area contributed by atoms with Gasteiger partial charge in [0, 0.05) is 52.2 Å². The molecule has 5 aromatic rings. The maximum Gasteiger partial charge on any atom is 0.252 e. The van der Waals surface area contributed by atoms with Crippen molar-refractivity contribution in [3.05, 3.63) is 59.7 Å². The van der Waals surface area contributed by atoms with Crippen molar-refractivity contribution in [3.63, 3.8) is 0 Å². The molecule has 2 amide bonds. The molecule has 4 N–H and O–H groups in total. The number of para-hydroxylation sites is 2. The van der Waals surface area contributed by atoms with Gasteiger partial charge in [0.25, 0.3) is 5.91 Å². The lowest BCUT2D eigenvalue weighted by molar-refractivity contribution is -0.126. The van der Waals surface area contributed by atoms with Crippen LogP contribution in [0, 0.1) is 0 Å². The Morgan fingerprint density at radius 3 is 2.41 bits per heavy atom. The van der Waals surface area contributed by atoms with Crippen LogP contribution in [0.3, 0.4) is 0 Å². The molecular weight excluding hydrogens is 426 g/mol. The summed E-state index contributed by atoms with van der Waals surface area (Å²) in [6.07, 6.45) is 1.30. The number of aromatic nitrogens is 2. The second kappa shape index (κ2) is 5.80. The van der Waals surface area contributed by atoms with Crippen molar-refractivity contribution in [2.45, 2.75) is 37.0 Å². The van der Waals surface area contributed by atoms with Crippen molar-refractivity contribution >= 4 is 55.4 Å². The van der Waals surface area contributed by atoms with E-state index >= 15 is 0 Å². The number of nitrogens with one attached hydrogen (secondary N) is 2. The van der Waals surface area contributed by atoms with E-state index in [0.717, 1.165) is 61.2 Å². The molecule has 0 spiro atoms. The van der Waals surface area contributed by atoms with Crippen LogP contribution in [0.1, 0.15) is 40.8 Å². The highest BCUT2D eigenvalue weighted by Gasteiger charge is 2.54. The van der Waals surface area contributed by atoms with Crippen LogP contribution in [0.4, 0.5) is 0 Å². The number of carbonyl (C=O) groups is 2. The van der Waals surface area contributed by atoms with Crippen LogP contribution in [-0.2, 0) is 11.3 Å². The van der Waals surface area contributed by atoms with Gasteiger partial charge in [0.1, 0.15) is 5.54 Å². The summed E-state index contributed by atoms with van der Waals surface area (Å²) in [4.78, 5) is 26.5. The van der Waals surface area contributed by atoms with Crippen LogP contribution in [0.25, 0.3) is 43.6 Å². The number of rotatable bonds is 1. The molecule has 34 heavy (non-hydrogen) atoms. The number of hydrogen-bond donors (Lipinski definition) is 3. The molecule has 7 heteroatoms. The van der Waals surface area contributed by atoms with Gasteiger partial charge in [0.05, 0.1) is 22.6 Å². The SMILES string of the molecule is CNC(=O)[C@@]1(N)C[C@H]2C[C@@H]1n1c3ccccc3c3c4c(c5c6ccccc6n2c5c31)C(=O)NC4. The minimum Gasteiger partial charge on any atom is -0.358 e. The van der Waals surface area contributed by atoms with Gasteiger partial charge in [-0.1, -0.05) is 36.4 Å². The highest BCUT2D eigenvalue weighted by molar-refractivity contribution is 6.31. The predicted octanol–water partition coefficient (Wildman–Crippen LogP) is 3.48. The fourth-order valence-corrected chi connectivity index (χ4v) is 7.30. The summed E-state index contributed by atoms with van der Waals surface area (Å²) in [5.41, 5.74) is 12.2. The van der Waals surface area contributed by atoms with Gasteiger partial charge in [-0.2, -0.15) is 0 Å². The van der Waals surface area contributed by atoms with E-state index in [9.17, 15) is 9.59 Å². The highest BCUT2D eigenvalue weighted by atomic mass is 16.2. The largest absolute Gasteiger partial charge is 0.358 e. The molecule has 3 atom stereocenters. The zero-order valence-electron chi connectivity index (χ0n) is 18.7. The third-order valence-corrected chi connectivity index (χ3v) is 8.54. The van der Waals surface area contributed by atoms with E-state index in [1.807, 2.05) is 24.3 Å². The lowest BCUT2D eigenvalue weighted by atomic mass is 9.91. The van der Waals surface area contributed by atoms with Crippen LogP contribution in [0.15, 0.2) is 48.5 Å². The van der Waals surface area contributed by atoms with Gasteiger partial charge >= 0.3 is 0 Å². The molecule has 3 aliphatic rings. The number of benzene rings is 3. The van der Waals surface area contributed by atoms with E-state index in [1.54, 1.807) is 7.05 Å². The normalized spacial score (nSPS) is 24.9. The first-order valence-electron chi connectivity index (χ1n) is 11.8. The Kier molecular flexibility index (Phi) is 3.17. The van der Waals surface area contributed by atoms with E-state index < -0.39 is 5.54 Å². The van der Waals surface area contributed by atoms with E-state index in [4.69, 9.17) is 5.73 Å². The third-order valence-electron chi connectivity index (χ3n) is 8.54. The average molecular weight is 450 g/mol. The lowest BCUT2D eigenvalue weighted by Crippen LogP contribution is -2.56. The van der Waals surface area contributed by atoms with Gasteiger partial charge in [-0.3, -0.25) is 9.59 Å². The summed E-state index contributed by atoms with van der Waals surface area (Å²) in [5.74, 6) is -0.135. The van der Waals surface area contributed by atoms with E-state index in [-0.39, 0.29) is 23.9 Å². The molecule has 0 unspecified atom stereocenters. The first kappa shape index (κ1) is 18.6. The monoisotopic (exact) mass is 449 g/mol. The predicted molar refractivity (Wildman–Crippen MR) is 132 cm³/mol. The Bertz CT molecular complexity index is 1780. The summed E-state index contributed by atoms with van der Waals surface area (Å²) in [6.45, 7) is 0.505. The summed E-state index contributed by atoms with van der Waals surface area (Å²) in [6, 6.07) is 16.5.